The Labute approximate surface area is 131 Å². The van der Waals surface area contributed by atoms with Crippen molar-refractivity contribution in [3.8, 4) is 5.75 Å². The van der Waals surface area contributed by atoms with E-state index in [1.54, 1.807) is 0 Å². The average Bonchev–Trinajstić information content (AvgIpc) is 2.53. The zero-order valence-electron chi connectivity index (χ0n) is 13.1. The number of hydrogen-bond acceptors (Lipinski definition) is 3. The van der Waals surface area contributed by atoms with Crippen molar-refractivity contribution in [2.24, 2.45) is 16.6 Å². The number of benzene rings is 1. The number of rotatable bonds is 3. The van der Waals surface area contributed by atoms with Crippen molar-refractivity contribution in [1.82, 2.24) is 5.32 Å². The molecule has 3 unspecified atom stereocenters. The summed E-state index contributed by atoms with van der Waals surface area (Å²) in [5.41, 5.74) is 7.24. The van der Waals surface area contributed by atoms with E-state index in [9.17, 15) is 0 Å². The van der Waals surface area contributed by atoms with E-state index in [0.717, 1.165) is 43.7 Å². The predicted octanol–water partition coefficient (Wildman–Crippen LogP) is 2.23. The molecule has 120 valence electrons. The van der Waals surface area contributed by atoms with Crippen molar-refractivity contribution in [2.45, 2.75) is 38.3 Å². The summed E-state index contributed by atoms with van der Waals surface area (Å²) in [6, 6.07) is 8.28. The van der Waals surface area contributed by atoms with Crippen molar-refractivity contribution >= 4 is 5.96 Å². The van der Waals surface area contributed by atoms with Crippen LogP contribution in [0.3, 0.4) is 0 Å². The molecule has 2 aliphatic rings. The molecule has 5 nitrogen and oxygen atoms in total. The number of ether oxygens (including phenoxy) is 2. The second-order valence-electron chi connectivity index (χ2n) is 6.17. The fourth-order valence-electron chi connectivity index (χ4n) is 3.20. The molecule has 2 heterocycles. The number of para-hydroxylation sites is 1. The summed E-state index contributed by atoms with van der Waals surface area (Å²) in [6.45, 7) is 4.44. The van der Waals surface area contributed by atoms with E-state index in [1.807, 2.05) is 18.2 Å². The first-order chi connectivity index (χ1) is 10.7. The zero-order chi connectivity index (χ0) is 15.4. The molecule has 0 saturated carbocycles. The van der Waals surface area contributed by atoms with Gasteiger partial charge in [0.2, 0.25) is 0 Å². The van der Waals surface area contributed by atoms with Crippen molar-refractivity contribution in [3.63, 3.8) is 0 Å². The summed E-state index contributed by atoms with van der Waals surface area (Å²) < 4.78 is 11.2. The van der Waals surface area contributed by atoms with E-state index in [1.165, 1.54) is 0 Å². The Balaban J connectivity index is 1.57. The molecule has 1 saturated heterocycles. The first-order valence-corrected chi connectivity index (χ1v) is 8.12. The molecule has 0 radical (unpaired) electrons. The molecule has 1 aromatic carbocycles. The molecular formula is C17H25N3O2. The van der Waals surface area contributed by atoms with Crippen LogP contribution in [0.25, 0.3) is 0 Å². The Kier molecular flexibility index (Phi) is 4.83. The van der Waals surface area contributed by atoms with Gasteiger partial charge in [-0.15, -0.1) is 0 Å². The molecule has 0 aliphatic carbocycles. The fraction of sp³-hybridized carbons (Fsp3) is 0.588. The van der Waals surface area contributed by atoms with Gasteiger partial charge in [0.1, 0.15) is 5.75 Å². The minimum Gasteiger partial charge on any atom is -0.493 e. The predicted molar refractivity (Wildman–Crippen MR) is 87.1 cm³/mol. The maximum absolute atomic E-state index is 6.08. The van der Waals surface area contributed by atoms with Crippen molar-refractivity contribution < 1.29 is 9.47 Å². The van der Waals surface area contributed by atoms with Gasteiger partial charge in [0.25, 0.3) is 0 Å². The number of fused-ring (bicyclic) bond motifs is 1. The highest BCUT2D eigenvalue weighted by molar-refractivity contribution is 5.78. The van der Waals surface area contributed by atoms with Crippen LogP contribution in [0.5, 0.6) is 5.75 Å². The van der Waals surface area contributed by atoms with Crippen LogP contribution in [0.4, 0.5) is 0 Å². The smallest absolute Gasteiger partial charge is 0.189 e. The van der Waals surface area contributed by atoms with Gasteiger partial charge in [-0.3, -0.25) is 4.99 Å². The molecule has 3 atom stereocenters. The summed E-state index contributed by atoms with van der Waals surface area (Å²) in [4.78, 5) is 4.54. The van der Waals surface area contributed by atoms with Gasteiger partial charge in [-0.2, -0.15) is 0 Å². The minimum atomic E-state index is 0.183. The lowest BCUT2D eigenvalue weighted by Crippen LogP contribution is -2.38. The highest BCUT2D eigenvalue weighted by Crippen LogP contribution is 2.31. The Morgan fingerprint density at radius 1 is 1.32 bits per heavy atom. The van der Waals surface area contributed by atoms with E-state index in [-0.39, 0.29) is 6.04 Å². The number of aliphatic imine (C=N–C) groups is 1. The van der Waals surface area contributed by atoms with Gasteiger partial charge in [-0.25, -0.2) is 0 Å². The largest absolute Gasteiger partial charge is 0.493 e. The van der Waals surface area contributed by atoms with Crippen LogP contribution in [0.2, 0.25) is 0 Å². The lowest BCUT2D eigenvalue weighted by atomic mass is 9.96. The molecule has 1 fully saturated rings. The third-order valence-corrected chi connectivity index (χ3v) is 4.39. The van der Waals surface area contributed by atoms with E-state index < -0.39 is 0 Å². The first-order valence-electron chi connectivity index (χ1n) is 8.12. The maximum atomic E-state index is 6.08. The average molecular weight is 303 g/mol. The van der Waals surface area contributed by atoms with Gasteiger partial charge in [0.05, 0.1) is 18.8 Å². The van der Waals surface area contributed by atoms with Crippen LogP contribution < -0.4 is 15.8 Å². The fourth-order valence-corrected chi connectivity index (χ4v) is 3.20. The number of nitrogens with zero attached hydrogens (tertiary/aromatic N) is 1. The van der Waals surface area contributed by atoms with Crippen molar-refractivity contribution in [1.29, 1.82) is 0 Å². The summed E-state index contributed by atoms with van der Waals surface area (Å²) in [5, 5.41) is 3.34. The second-order valence-corrected chi connectivity index (χ2v) is 6.17. The van der Waals surface area contributed by atoms with Gasteiger partial charge >= 0.3 is 0 Å². The topological polar surface area (TPSA) is 68.9 Å². The van der Waals surface area contributed by atoms with Crippen molar-refractivity contribution in [3.05, 3.63) is 29.8 Å². The quantitative estimate of drug-likeness (QED) is 0.663. The Hall–Kier alpha value is -1.75. The third kappa shape index (κ3) is 3.71. The number of guanidine groups is 1. The third-order valence-electron chi connectivity index (χ3n) is 4.39. The Morgan fingerprint density at radius 3 is 3.05 bits per heavy atom. The zero-order valence-corrected chi connectivity index (χ0v) is 13.1. The number of nitrogens with one attached hydrogen (secondary N) is 1. The second kappa shape index (κ2) is 7.01. The molecule has 1 aromatic rings. The van der Waals surface area contributed by atoms with E-state index in [2.05, 4.69) is 23.3 Å². The molecule has 3 rings (SSSR count). The summed E-state index contributed by atoms with van der Waals surface area (Å²) in [7, 11) is 0. The van der Waals surface area contributed by atoms with Crippen LogP contribution in [-0.4, -0.2) is 31.8 Å². The van der Waals surface area contributed by atoms with Gasteiger partial charge < -0.3 is 20.5 Å². The molecule has 3 N–H and O–H groups in total. The van der Waals surface area contributed by atoms with E-state index in [0.29, 0.717) is 24.6 Å². The summed E-state index contributed by atoms with van der Waals surface area (Å²) in [5.74, 6) is 2.05. The molecule has 5 heteroatoms. The van der Waals surface area contributed by atoms with E-state index in [4.69, 9.17) is 15.2 Å². The molecule has 0 bridgehead atoms. The Morgan fingerprint density at radius 2 is 2.18 bits per heavy atom. The lowest BCUT2D eigenvalue weighted by molar-refractivity contribution is 0.00480. The first kappa shape index (κ1) is 15.2. The van der Waals surface area contributed by atoms with Gasteiger partial charge in [0.15, 0.2) is 5.96 Å². The standard InChI is InChI=1S/C17H25N3O2/c1-12-10-13(6-8-21-12)11-19-17(18)20-15-7-9-22-16-5-3-2-4-14(15)16/h2-5,12-13,15H,6-11H2,1H3,(H3,18,19,20). The minimum absolute atomic E-state index is 0.183. The van der Waals surface area contributed by atoms with Crippen LogP contribution in [0.15, 0.2) is 29.3 Å². The highest BCUT2D eigenvalue weighted by atomic mass is 16.5. The number of hydrogen-bond donors (Lipinski definition) is 2. The number of nitrogens with two attached hydrogens (primary N) is 1. The molecular weight excluding hydrogens is 278 g/mol. The van der Waals surface area contributed by atoms with Crippen LogP contribution in [0, 0.1) is 5.92 Å². The normalized spacial score (nSPS) is 28.6. The summed E-state index contributed by atoms with van der Waals surface area (Å²) >= 11 is 0. The van der Waals surface area contributed by atoms with Crippen LogP contribution in [-0.2, 0) is 4.74 Å². The Bertz CT molecular complexity index is 532. The van der Waals surface area contributed by atoms with Gasteiger partial charge in [-0.1, -0.05) is 18.2 Å². The molecule has 0 amide bonds. The van der Waals surface area contributed by atoms with Gasteiger partial charge in [-0.05, 0) is 31.7 Å². The lowest BCUT2D eigenvalue weighted by Gasteiger charge is -2.28. The maximum Gasteiger partial charge on any atom is 0.189 e. The van der Waals surface area contributed by atoms with E-state index >= 15 is 0 Å². The molecule has 0 spiro atoms. The van der Waals surface area contributed by atoms with Gasteiger partial charge in [0, 0.05) is 25.1 Å². The molecule has 0 aromatic heterocycles. The van der Waals surface area contributed by atoms with Crippen LogP contribution >= 0.6 is 0 Å². The highest BCUT2D eigenvalue weighted by Gasteiger charge is 2.22. The summed E-state index contributed by atoms with van der Waals surface area (Å²) in [6.07, 6.45) is 3.38. The molecule has 22 heavy (non-hydrogen) atoms. The SMILES string of the molecule is CC1CC(CN=C(N)NC2CCOc3ccccc32)CCO1. The molecule has 2 aliphatic heterocycles. The van der Waals surface area contributed by atoms with Crippen LogP contribution in [0.1, 0.15) is 37.8 Å². The monoisotopic (exact) mass is 303 g/mol. The van der Waals surface area contributed by atoms with Crippen molar-refractivity contribution in [2.75, 3.05) is 19.8 Å².